The van der Waals surface area contributed by atoms with E-state index in [0.29, 0.717) is 6.42 Å². The first kappa shape index (κ1) is 13.7. The number of amides is 2. The summed E-state index contributed by atoms with van der Waals surface area (Å²) in [6.45, 7) is 7.62. The van der Waals surface area contributed by atoms with Gasteiger partial charge in [0.05, 0.1) is 0 Å². The Kier molecular flexibility index (Phi) is 6.42. The molecule has 0 fully saturated rings. The lowest BCUT2D eigenvalue weighted by Gasteiger charge is -2.13. The summed E-state index contributed by atoms with van der Waals surface area (Å²) in [6.07, 6.45) is 2.60. The van der Waals surface area contributed by atoms with Crippen LogP contribution in [0.15, 0.2) is 12.2 Å². The van der Waals surface area contributed by atoms with Crippen LogP contribution in [0, 0.1) is 0 Å². The molecule has 0 spiro atoms. The smallest absolute Gasteiger partial charge is 0.239 e. The molecular weight excluding hydrogens is 192 g/mol. The van der Waals surface area contributed by atoms with E-state index < -0.39 is 11.9 Å². The Morgan fingerprint density at radius 1 is 1.40 bits per heavy atom. The van der Waals surface area contributed by atoms with Crippen molar-refractivity contribution >= 4 is 11.8 Å². The predicted octanol–water partition coefficient (Wildman–Crippen LogP) is 1.11. The number of carbonyl (C=O) groups excluding carboxylic acids is 2. The van der Waals surface area contributed by atoms with Crippen LogP contribution < -0.4 is 11.1 Å². The van der Waals surface area contributed by atoms with E-state index in [9.17, 15) is 9.59 Å². The highest BCUT2D eigenvalue weighted by Gasteiger charge is 2.15. The van der Waals surface area contributed by atoms with E-state index in [0.717, 1.165) is 18.4 Å². The molecule has 0 aromatic heterocycles. The second-order valence-electron chi connectivity index (χ2n) is 3.61. The summed E-state index contributed by atoms with van der Waals surface area (Å²) < 4.78 is 0. The molecule has 0 aliphatic rings. The van der Waals surface area contributed by atoms with E-state index >= 15 is 0 Å². The summed E-state index contributed by atoms with van der Waals surface area (Å²) in [4.78, 5) is 22.3. The molecular formula is C11H20N2O2. The molecule has 0 saturated heterocycles. The third-order valence-electron chi connectivity index (χ3n) is 2.10. The van der Waals surface area contributed by atoms with E-state index in [1.165, 1.54) is 0 Å². The first-order valence-electron chi connectivity index (χ1n) is 5.26. The minimum atomic E-state index is -0.563. The van der Waals surface area contributed by atoms with Crippen LogP contribution in [0.4, 0.5) is 0 Å². The minimum Gasteiger partial charge on any atom is -0.368 e. The topological polar surface area (TPSA) is 72.2 Å². The molecule has 0 rings (SSSR count). The average Bonchev–Trinajstić information content (AvgIpc) is 2.13. The molecule has 0 unspecified atom stereocenters. The number of carbonyl (C=O) groups is 2. The Balaban J connectivity index is 4.01. The third kappa shape index (κ3) is 5.88. The van der Waals surface area contributed by atoms with Gasteiger partial charge in [-0.25, -0.2) is 0 Å². The van der Waals surface area contributed by atoms with Crippen LogP contribution >= 0.6 is 0 Å². The Morgan fingerprint density at radius 2 is 2.00 bits per heavy atom. The molecule has 3 N–H and O–H groups in total. The molecule has 0 aliphatic heterocycles. The fourth-order valence-electron chi connectivity index (χ4n) is 1.29. The van der Waals surface area contributed by atoms with Crippen molar-refractivity contribution in [1.29, 1.82) is 0 Å². The summed E-state index contributed by atoms with van der Waals surface area (Å²) in [5.41, 5.74) is 5.99. The van der Waals surface area contributed by atoms with Gasteiger partial charge in [-0.05, 0) is 12.8 Å². The van der Waals surface area contributed by atoms with Crippen LogP contribution in [0.5, 0.6) is 0 Å². The van der Waals surface area contributed by atoms with Crippen molar-refractivity contribution in [1.82, 2.24) is 5.32 Å². The van der Waals surface area contributed by atoms with Crippen molar-refractivity contribution in [2.45, 2.75) is 45.6 Å². The third-order valence-corrected chi connectivity index (χ3v) is 2.10. The number of primary amides is 1. The van der Waals surface area contributed by atoms with Crippen molar-refractivity contribution < 1.29 is 9.59 Å². The van der Waals surface area contributed by atoms with Gasteiger partial charge in [-0.3, -0.25) is 9.59 Å². The highest BCUT2D eigenvalue weighted by Crippen LogP contribution is 2.06. The van der Waals surface area contributed by atoms with Gasteiger partial charge >= 0.3 is 0 Å². The van der Waals surface area contributed by atoms with Gasteiger partial charge in [-0.15, -0.1) is 0 Å². The maximum absolute atomic E-state index is 11.4. The van der Waals surface area contributed by atoms with Crippen LogP contribution in [-0.4, -0.2) is 17.9 Å². The molecule has 4 heteroatoms. The van der Waals surface area contributed by atoms with Crippen molar-refractivity contribution in [3.8, 4) is 0 Å². The standard InChI is InChI=1S/C11H20N2O2/c1-4-6-8(3)7-10(14)13-9(5-2)11(12)15/h9H,3-7H2,1-2H3,(H2,12,15)(H,13,14)/t9-/m0/s1. The van der Waals surface area contributed by atoms with E-state index in [-0.39, 0.29) is 12.3 Å². The Hall–Kier alpha value is -1.32. The molecule has 86 valence electrons. The van der Waals surface area contributed by atoms with E-state index in [1.54, 1.807) is 6.92 Å². The van der Waals surface area contributed by atoms with Crippen molar-refractivity contribution in [3.63, 3.8) is 0 Å². The molecule has 2 amide bonds. The van der Waals surface area contributed by atoms with Crippen LogP contribution in [0.2, 0.25) is 0 Å². The summed E-state index contributed by atoms with van der Waals surface area (Å²) in [5, 5.41) is 2.58. The van der Waals surface area contributed by atoms with Gasteiger partial charge in [-0.2, -0.15) is 0 Å². The summed E-state index contributed by atoms with van der Waals surface area (Å²) in [6, 6.07) is -0.563. The average molecular weight is 212 g/mol. The fraction of sp³-hybridized carbons (Fsp3) is 0.636. The van der Waals surface area contributed by atoms with Crippen molar-refractivity contribution in [3.05, 3.63) is 12.2 Å². The fourth-order valence-corrected chi connectivity index (χ4v) is 1.29. The molecule has 0 aromatic carbocycles. The number of nitrogens with two attached hydrogens (primary N) is 1. The lowest BCUT2D eigenvalue weighted by molar-refractivity contribution is -0.127. The summed E-state index contributed by atoms with van der Waals surface area (Å²) in [7, 11) is 0. The largest absolute Gasteiger partial charge is 0.368 e. The lowest BCUT2D eigenvalue weighted by Crippen LogP contribution is -2.43. The van der Waals surface area contributed by atoms with Crippen LogP contribution in [-0.2, 0) is 9.59 Å². The number of rotatable bonds is 7. The van der Waals surface area contributed by atoms with Crippen LogP contribution in [0.3, 0.4) is 0 Å². The maximum atomic E-state index is 11.4. The normalized spacial score (nSPS) is 11.9. The lowest BCUT2D eigenvalue weighted by atomic mass is 10.1. The first-order valence-corrected chi connectivity index (χ1v) is 5.26. The molecule has 0 aliphatic carbocycles. The molecule has 1 atom stereocenters. The van der Waals surface area contributed by atoms with E-state index in [2.05, 4.69) is 11.9 Å². The molecule has 0 saturated carbocycles. The SMILES string of the molecule is C=C(CCC)CC(=O)N[C@@H](CC)C(N)=O. The zero-order valence-corrected chi connectivity index (χ0v) is 9.51. The van der Waals surface area contributed by atoms with E-state index in [1.807, 2.05) is 6.92 Å². The molecule has 0 heterocycles. The zero-order valence-electron chi connectivity index (χ0n) is 9.51. The van der Waals surface area contributed by atoms with Crippen molar-refractivity contribution in [2.24, 2.45) is 5.73 Å². The molecule has 0 aromatic rings. The van der Waals surface area contributed by atoms with Gasteiger partial charge in [0, 0.05) is 6.42 Å². The van der Waals surface area contributed by atoms with E-state index in [4.69, 9.17) is 5.73 Å². The molecule has 0 radical (unpaired) electrons. The Morgan fingerprint density at radius 3 is 2.40 bits per heavy atom. The number of nitrogens with one attached hydrogen (secondary N) is 1. The second kappa shape index (κ2) is 7.04. The quantitative estimate of drug-likeness (QED) is 0.620. The highest BCUT2D eigenvalue weighted by atomic mass is 16.2. The Bertz CT molecular complexity index is 249. The Labute approximate surface area is 90.9 Å². The number of hydrogen-bond donors (Lipinski definition) is 2. The molecule has 0 bridgehead atoms. The van der Waals surface area contributed by atoms with Crippen LogP contribution in [0.1, 0.15) is 39.5 Å². The van der Waals surface area contributed by atoms with Gasteiger partial charge in [0.15, 0.2) is 0 Å². The number of hydrogen-bond acceptors (Lipinski definition) is 2. The second-order valence-corrected chi connectivity index (χ2v) is 3.61. The van der Waals surface area contributed by atoms with Crippen LogP contribution in [0.25, 0.3) is 0 Å². The first-order chi connectivity index (χ1) is 7.01. The zero-order chi connectivity index (χ0) is 11.8. The van der Waals surface area contributed by atoms with Gasteiger partial charge in [0.25, 0.3) is 0 Å². The minimum absolute atomic E-state index is 0.181. The van der Waals surface area contributed by atoms with Gasteiger partial charge in [0.1, 0.15) is 6.04 Å². The van der Waals surface area contributed by atoms with Gasteiger partial charge < -0.3 is 11.1 Å². The monoisotopic (exact) mass is 212 g/mol. The van der Waals surface area contributed by atoms with Crippen molar-refractivity contribution in [2.75, 3.05) is 0 Å². The van der Waals surface area contributed by atoms with Gasteiger partial charge in [0.2, 0.25) is 11.8 Å². The predicted molar refractivity (Wildman–Crippen MR) is 60.1 cm³/mol. The maximum Gasteiger partial charge on any atom is 0.239 e. The highest BCUT2D eigenvalue weighted by molar-refractivity contribution is 5.87. The summed E-state index contributed by atoms with van der Waals surface area (Å²) >= 11 is 0. The summed E-state index contributed by atoms with van der Waals surface area (Å²) in [5.74, 6) is -0.675. The van der Waals surface area contributed by atoms with Gasteiger partial charge in [-0.1, -0.05) is 32.4 Å². The molecule has 15 heavy (non-hydrogen) atoms. The molecule has 4 nitrogen and oxygen atoms in total.